The maximum atomic E-state index is 12.5. The molecule has 5 nitrogen and oxygen atoms in total. The van der Waals surface area contributed by atoms with E-state index in [0.717, 1.165) is 10.2 Å². The van der Waals surface area contributed by atoms with E-state index in [1.165, 1.54) is 11.3 Å². The molecule has 3 rings (SSSR count). The molecule has 0 aliphatic heterocycles. The van der Waals surface area contributed by atoms with Gasteiger partial charge in [0.25, 0.3) is 0 Å². The summed E-state index contributed by atoms with van der Waals surface area (Å²) in [7, 11) is 0. The van der Waals surface area contributed by atoms with Crippen molar-refractivity contribution < 1.29 is 14.3 Å². The number of rotatable bonds is 5. The van der Waals surface area contributed by atoms with E-state index < -0.39 is 5.97 Å². The largest absolute Gasteiger partial charge is 0.458 e. The number of benzene rings is 1. The first-order valence-corrected chi connectivity index (χ1v) is 9.03. The summed E-state index contributed by atoms with van der Waals surface area (Å²) in [6.45, 7) is 3.58. The second-order valence-corrected chi connectivity index (χ2v) is 7.08. The molecule has 0 aliphatic carbocycles. The van der Waals surface area contributed by atoms with E-state index >= 15 is 0 Å². The molecule has 1 amide bonds. The Labute approximate surface area is 154 Å². The van der Waals surface area contributed by atoms with Gasteiger partial charge in [0.2, 0.25) is 5.91 Å². The van der Waals surface area contributed by atoms with Gasteiger partial charge in [-0.05, 0) is 43.5 Å². The maximum absolute atomic E-state index is 12.5. The molecule has 130 valence electrons. The Morgan fingerprint density at radius 3 is 2.76 bits per heavy atom. The van der Waals surface area contributed by atoms with Crippen molar-refractivity contribution in [2.45, 2.75) is 26.5 Å². The van der Waals surface area contributed by atoms with E-state index in [-0.39, 0.29) is 18.6 Å². The number of hydrogen-bond donors (Lipinski definition) is 1. The summed E-state index contributed by atoms with van der Waals surface area (Å²) in [6, 6.07) is 10.7. The second kappa shape index (κ2) is 7.29. The highest BCUT2D eigenvalue weighted by atomic mass is 35.5. The van der Waals surface area contributed by atoms with Crippen LogP contribution >= 0.6 is 22.9 Å². The van der Waals surface area contributed by atoms with E-state index in [9.17, 15) is 9.59 Å². The Morgan fingerprint density at radius 2 is 2.04 bits per heavy atom. The van der Waals surface area contributed by atoms with Crippen molar-refractivity contribution in [1.82, 2.24) is 4.57 Å². The molecule has 0 saturated heterocycles. The fourth-order valence-corrected chi connectivity index (χ4v) is 3.55. The Bertz CT molecular complexity index is 929. The van der Waals surface area contributed by atoms with Crippen molar-refractivity contribution in [2.24, 2.45) is 0 Å². The quantitative estimate of drug-likeness (QED) is 0.664. The molecule has 0 atom stereocenters. The van der Waals surface area contributed by atoms with Crippen molar-refractivity contribution >= 4 is 50.7 Å². The van der Waals surface area contributed by atoms with Gasteiger partial charge in [0, 0.05) is 5.39 Å². The molecule has 0 spiro atoms. The minimum absolute atomic E-state index is 0.00222. The molecular formula is C18H17ClN2O3S. The van der Waals surface area contributed by atoms with Crippen LogP contribution in [0.15, 0.2) is 41.8 Å². The minimum atomic E-state index is -0.441. The molecule has 3 aromatic rings. The van der Waals surface area contributed by atoms with Crippen LogP contribution in [-0.2, 0) is 16.1 Å². The lowest BCUT2D eigenvalue weighted by atomic mass is 10.3. The van der Waals surface area contributed by atoms with Gasteiger partial charge in [-0.1, -0.05) is 23.7 Å². The number of nitrogens with one attached hydrogen (secondary N) is 1. The second-order valence-electron chi connectivity index (χ2n) is 5.78. The van der Waals surface area contributed by atoms with Gasteiger partial charge >= 0.3 is 5.97 Å². The molecule has 0 bridgehead atoms. The zero-order valence-electron chi connectivity index (χ0n) is 13.8. The lowest BCUT2D eigenvalue weighted by Gasteiger charge is -2.12. The van der Waals surface area contributed by atoms with Crippen LogP contribution in [0.25, 0.3) is 10.2 Å². The van der Waals surface area contributed by atoms with Gasteiger partial charge in [0.15, 0.2) is 0 Å². The monoisotopic (exact) mass is 376 g/mol. The highest BCUT2D eigenvalue weighted by molar-refractivity contribution is 7.16. The lowest BCUT2D eigenvalue weighted by molar-refractivity contribution is -0.116. The molecule has 0 aliphatic rings. The maximum Gasteiger partial charge on any atom is 0.355 e. The molecule has 0 saturated carbocycles. The summed E-state index contributed by atoms with van der Waals surface area (Å²) in [6.07, 6.45) is -0.231. The number of esters is 1. The fraction of sp³-hybridized carbons (Fsp3) is 0.222. The van der Waals surface area contributed by atoms with Crippen molar-refractivity contribution in [3.8, 4) is 0 Å². The van der Waals surface area contributed by atoms with Gasteiger partial charge in [-0.25, -0.2) is 4.79 Å². The van der Waals surface area contributed by atoms with Gasteiger partial charge in [-0.2, -0.15) is 0 Å². The number of anilines is 1. The van der Waals surface area contributed by atoms with Crippen LogP contribution < -0.4 is 5.32 Å². The normalized spacial score (nSPS) is 11.0. The van der Waals surface area contributed by atoms with Crippen LogP contribution in [-0.4, -0.2) is 22.5 Å². The summed E-state index contributed by atoms with van der Waals surface area (Å²) in [5.41, 5.74) is 0.903. The number of hydrogen-bond acceptors (Lipinski definition) is 4. The third-order valence-electron chi connectivity index (χ3n) is 3.50. The van der Waals surface area contributed by atoms with Gasteiger partial charge in [-0.3, -0.25) is 4.79 Å². The van der Waals surface area contributed by atoms with Crippen molar-refractivity contribution in [1.29, 1.82) is 0 Å². The lowest BCUT2D eigenvalue weighted by Crippen LogP contribution is -2.22. The van der Waals surface area contributed by atoms with Gasteiger partial charge in [0.05, 0.1) is 16.8 Å². The number of ether oxygens (including phenoxy) is 1. The van der Waals surface area contributed by atoms with E-state index in [1.807, 2.05) is 11.4 Å². The third-order valence-corrected chi connectivity index (χ3v) is 4.79. The molecule has 2 aromatic heterocycles. The van der Waals surface area contributed by atoms with Crippen LogP contribution in [0.4, 0.5) is 5.69 Å². The molecule has 25 heavy (non-hydrogen) atoms. The Balaban J connectivity index is 1.87. The number of aromatic nitrogens is 1. The van der Waals surface area contributed by atoms with E-state index in [0.29, 0.717) is 16.4 Å². The topological polar surface area (TPSA) is 60.3 Å². The predicted octanol–water partition coefficient (Wildman–Crippen LogP) is 4.56. The first-order chi connectivity index (χ1) is 12.0. The summed E-state index contributed by atoms with van der Waals surface area (Å²) in [5, 5.41) is 6.07. The predicted molar refractivity (Wildman–Crippen MR) is 100 cm³/mol. The Hall–Kier alpha value is -2.31. The first-order valence-electron chi connectivity index (χ1n) is 7.78. The van der Waals surface area contributed by atoms with Crippen molar-refractivity contribution in [3.63, 3.8) is 0 Å². The SMILES string of the molecule is CC(C)OC(=O)c1cc2ccsc2n1CC(=O)Nc1ccccc1Cl. The summed E-state index contributed by atoms with van der Waals surface area (Å²) >= 11 is 7.54. The van der Waals surface area contributed by atoms with Crippen LogP contribution in [0.5, 0.6) is 0 Å². The molecular weight excluding hydrogens is 360 g/mol. The number of amides is 1. The molecule has 1 aromatic carbocycles. The number of fused-ring (bicyclic) bond motifs is 1. The number of thiophene rings is 1. The number of carbonyl (C=O) groups is 2. The van der Waals surface area contributed by atoms with Gasteiger partial charge < -0.3 is 14.6 Å². The van der Waals surface area contributed by atoms with Crippen LogP contribution in [0, 0.1) is 0 Å². The van der Waals surface area contributed by atoms with E-state index in [4.69, 9.17) is 16.3 Å². The summed E-state index contributed by atoms with van der Waals surface area (Å²) < 4.78 is 6.96. The Morgan fingerprint density at radius 1 is 1.28 bits per heavy atom. The molecule has 2 heterocycles. The third kappa shape index (κ3) is 3.86. The molecule has 0 radical (unpaired) electrons. The van der Waals surface area contributed by atoms with Crippen molar-refractivity contribution in [2.75, 3.05) is 5.32 Å². The standard InChI is InChI=1S/C18H17ClN2O3S/c1-11(2)24-18(23)15-9-12-7-8-25-17(12)21(15)10-16(22)20-14-6-4-3-5-13(14)19/h3-9,11H,10H2,1-2H3,(H,20,22). The van der Waals surface area contributed by atoms with Crippen LogP contribution in [0.2, 0.25) is 5.02 Å². The highest BCUT2D eigenvalue weighted by Crippen LogP contribution is 2.27. The number of para-hydroxylation sites is 1. The summed E-state index contributed by atoms with van der Waals surface area (Å²) in [4.78, 5) is 25.7. The fourth-order valence-electron chi connectivity index (χ4n) is 2.47. The van der Waals surface area contributed by atoms with Gasteiger partial charge in [0.1, 0.15) is 17.1 Å². The number of halogens is 1. The van der Waals surface area contributed by atoms with Crippen molar-refractivity contribution in [3.05, 3.63) is 52.5 Å². The zero-order chi connectivity index (χ0) is 18.0. The highest BCUT2D eigenvalue weighted by Gasteiger charge is 2.20. The number of carbonyl (C=O) groups excluding carboxylic acids is 2. The van der Waals surface area contributed by atoms with Crippen LogP contribution in [0.3, 0.4) is 0 Å². The molecule has 0 unspecified atom stereocenters. The van der Waals surface area contributed by atoms with E-state index in [2.05, 4.69) is 5.32 Å². The minimum Gasteiger partial charge on any atom is -0.458 e. The Kier molecular flexibility index (Phi) is 5.11. The zero-order valence-corrected chi connectivity index (χ0v) is 15.4. The molecule has 0 fully saturated rings. The average molecular weight is 377 g/mol. The first kappa shape index (κ1) is 17.5. The van der Waals surface area contributed by atoms with Crippen LogP contribution in [0.1, 0.15) is 24.3 Å². The smallest absolute Gasteiger partial charge is 0.355 e. The van der Waals surface area contributed by atoms with Gasteiger partial charge in [-0.15, -0.1) is 11.3 Å². The average Bonchev–Trinajstić information content (AvgIpc) is 3.11. The molecule has 1 N–H and O–H groups in total. The summed E-state index contributed by atoms with van der Waals surface area (Å²) in [5.74, 6) is -0.707. The number of nitrogens with zero attached hydrogens (tertiary/aromatic N) is 1. The molecule has 7 heteroatoms. The van der Waals surface area contributed by atoms with E-state index in [1.54, 1.807) is 48.7 Å².